The topological polar surface area (TPSA) is 89.5 Å². The first-order chi connectivity index (χ1) is 14.7. The Kier molecular flexibility index (Phi) is 6.80. The van der Waals surface area contributed by atoms with Crippen LogP contribution >= 0.6 is 11.3 Å². The molecule has 1 atom stereocenters. The number of ether oxygens (including phenoxy) is 2. The molecule has 3 aromatic rings. The van der Waals surface area contributed by atoms with Gasteiger partial charge in [-0.05, 0) is 49.1 Å². The van der Waals surface area contributed by atoms with Crippen molar-refractivity contribution in [2.24, 2.45) is 5.92 Å². The number of methoxy groups -OCH3 is 2. The zero-order valence-corrected chi connectivity index (χ0v) is 19.3. The molecule has 8 heteroatoms. The summed E-state index contributed by atoms with van der Waals surface area (Å²) in [5.74, 6) is 0.161. The molecule has 1 aromatic heterocycles. The molecule has 0 saturated heterocycles. The van der Waals surface area contributed by atoms with Crippen LogP contribution in [0.4, 0.5) is 5.13 Å². The third-order valence-corrected chi connectivity index (χ3v) is 5.83. The van der Waals surface area contributed by atoms with Crippen molar-refractivity contribution in [3.8, 4) is 11.5 Å². The highest BCUT2D eigenvalue weighted by Gasteiger charge is 2.26. The van der Waals surface area contributed by atoms with E-state index in [4.69, 9.17) is 9.47 Å². The summed E-state index contributed by atoms with van der Waals surface area (Å²) in [5, 5.41) is 6.20. The zero-order chi connectivity index (χ0) is 22.7. The van der Waals surface area contributed by atoms with Crippen molar-refractivity contribution in [2.45, 2.75) is 33.7 Å². The highest BCUT2D eigenvalue weighted by molar-refractivity contribution is 7.22. The summed E-state index contributed by atoms with van der Waals surface area (Å²) >= 11 is 1.42. The summed E-state index contributed by atoms with van der Waals surface area (Å²) < 4.78 is 11.5. The van der Waals surface area contributed by atoms with Gasteiger partial charge < -0.3 is 20.1 Å². The smallest absolute Gasteiger partial charge is 0.252 e. The van der Waals surface area contributed by atoms with Crippen LogP contribution in [0.1, 0.15) is 35.3 Å². The maximum absolute atomic E-state index is 13.0. The third kappa shape index (κ3) is 5.14. The standard InChI is InChI=1S/C23H27N3O4S/c1-12(2)19(24-21(27)15-9-16(29-5)11-17(10-15)30-6)22(28)26-23-25-20-14(4)7-13(3)8-18(20)31-23/h7-12,19H,1-6H3,(H,24,27)(H,25,26,28)/t19-/m1/s1. The van der Waals surface area contributed by atoms with Crippen molar-refractivity contribution >= 4 is 38.5 Å². The molecule has 0 unspecified atom stereocenters. The second-order valence-corrected chi connectivity index (χ2v) is 8.76. The number of aromatic nitrogens is 1. The van der Waals surface area contributed by atoms with E-state index in [1.165, 1.54) is 25.6 Å². The first-order valence-corrected chi connectivity index (χ1v) is 10.8. The van der Waals surface area contributed by atoms with Crippen LogP contribution < -0.4 is 20.1 Å². The number of hydrogen-bond donors (Lipinski definition) is 2. The van der Waals surface area contributed by atoms with Gasteiger partial charge in [-0.1, -0.05) is 31.3 Å². The van der Waals surface area contributed by atoms with Crippen molar-refractivity contribution in [1.29, 1.82) is 0 Å². The van der Waals surface area contributed by atoms with Gasteiger partial charge in [0.15, 0.2) is 5.13 Å². The molecule has 0 saturated carbocycles. The van der Waals surface area contributed by atoms with Crippen LogP contribution in [0.25, 0.3) is 10.2 Å². The average Bonchev–Trinajstić information content (AvgIpc) is 3.13. The molecule has 0 bridgehead atoms. The third-order valence-electron chi connectivity index (χ3n) is 4.91. The number of nitrogens with zero attached hydrogens (tertiary/aromatic N) is 1. The van der Waals surface area contributed by atoms with Gasteiger partial charge in [0.25, 0.3) is 5.91 Å². The Bertz CT molecular complexity index is 1100. The van der Waals surface area contributed by atoms with Crippen molar-refractivity contribution in [3.05, 3.63) is 47.0 Å². The van der Waals surface area contributed by atoms with Gasteiger partial charge in [0.05, 0.1) is 24.4 Å². The molecule has 0 radical (unpaired) electrons. The second kappa shape index (κ2) is 9.34. The van der Waals surface area contributed by atoms with E-state index in [1.54, 1.807) is 18.2 Å². The van der Waals surface area contributed by atoms with E-state index in [0.717, 1.165) is 21.3 Å². The fourth-order valence-electron chi connectivity index (χ4n) is 3.31. The molecule has 164 valence electrons. The molecule has 7 nitrogen and oxygen atoms in total. The van der Waals surface area contributed by atoms with Crippen molar-refractivity contribution in [3.63, 3.8) is 0 Å². The summed E-state index contributed by atoms with van der Waals surface area (Å²) in [4.78, 5) is 30.4. The van der Waals surface area contributed by atoms with Crippen molar-refractivity contribution < 1.29 is 19.1 Å². The number of carbonyl (C=O) groups is 2. The number of thiazole rings is 1. The lowest BCUT2D eigenvalue weighted by Crippen LogP contribution is -2.47. The largest absolute Gasteiger partial charge is 0.497 e. The summed E-state index contributed by atoms with van der Waals surface area (Å²) in [7, 11) is 3.03. The number of benzene rings is 2. The van der Waals surface area contributed by atoms with E-state index in [0.29, 0.717) is 22.2 Å². The number of aryl methyl sites for hydroxylation is 2. The van der Waals surface area contributed by atoms with Crippen LogP contribution in [0.15, 0.2) is 30.3 Å². The lowest BCUT2D eigenvalue weighted by Gasteiger charge is -2.21. The van der Waals surface area contributed by atoms with E-state index in [1.807, 2.05) is 33.8 Å². The molecular formula is C23H27N3O4S. The Labute approximate surface area is 185 Å². The number of nitrogens with one attached hydrogen (secondary N) is 2. The molecule has 1 heterocycles. The Morgan fingerprint density at radius 2 is 1.65 bits per heavy atom. The number of carbonyl (C=O) groups excluding carboxylic acids is 2. The lowest BCUT2D eigenvalue weighted by atomic mass is 10.0. The van der Waals surface area contributed by atoms with E-state index in [-0.39, 0.29) is 17.7 Å². The Hall–Kier alpha value is -3.13. The molecule has 3 rings (SSSR count). The predicted molar refractivity (Wildman–Crippen MR) is 123 cm³/mol. The number of amides is 2. The minimum Gasteiger partial charge on any atom is -0.497 e. The van der Waals surface area contributed by atoms with Crippen molar-refractivity contribution in [1.82, 2.24) is 10.3 Å². The van der Waals surface area contributed by atoms with Crippen LogP contribution in [0, 0.1) is 19.8 Å². The summed E-state index contributed by atoms with van der Waals surface area (Å²) in [5.41, 5.74) is 3.43. The fourth-order valence-corrected chi connectivity index (χ4v) is 4.35. The second-order valence-electron chi connectivity index (χ2n) is 7.73. The van der Waals surface area contributed by atoms with Crippen molar-refractivity contribution in [2.75, 3.05) is 19.5 Å². The number of hydrogen-bond acceptors (Lipinski definition) is 6. The van der Waals surface area contributed by atoms with Gasteiger partial charge in [0.2, 0.25) is 5.91 Å². The fraction of sp³-hybridized carbons (Fsp3) is 0.348. The Balaban J connectivity index is 1.80. The summed E-state index contributed by atoms with van der Waals surface area (Å²) in [6, 6.07) is 8.26. The molecule has 2 N–H and O–H groups in total. The maximum Gasteiger partial charge on any atom is 0.252 e. The number of fused-ring (bicyclic) bond motifs is 1. The van der Waals surface area contributed by atoms with Gasteiger partial charge in [-0.3, -0.25) is 9.59 Å². The molecule has 0 aliphatic rings. The highest BCUT2D eigenvalue weighted by atomic mass is 32.1. The van der Waals surface area contributed by atoms with Crippen LogP contribution in [0.3, 0.4) is 0 Å². The normalized spacial score (nSPS) is 12.0. The van der Waals surface area contributed by atoms with E-state index < -0.39 is 6.04 Å². The first kappa shape index (κ1) is 22.6. The minimum atomic E-state index is -0.737. The molecule has 31 heavy (non-hydrogen) atoms. The molecule has 0 aliphatic carbocycles. The van der Waals surface area contributed by atoms with Gasteiger partial charge in [0.1, 0.15) is 17.5 Å². The predicted octanol–water partition coefficient (Wildman–Crippen LogP) is 4.32. The highest BCUT2D eigenvalue weighted by Crippen LogP contribution is 2.29. The van der Waals surface area contributed by atoms with E-state index >= 15 is 0 Å². The van der Waals surface area contributed by atoms with Gasteiger partial charge in [-0.15, -0.1) is 0 Å². The van der Waals surface area contributed by atoms with Gasteiger partial charge >= 0.3 is 0 Å². The quantitative estimate of drug-likeness (QED) is 0.570. The van der Waals surface area contributed by atoms with Gasteiger partial charge in [-0.2, -0.15) is 0 Å². The minimum absolute atomic E-state index is 0.130. The first-order valence-electron chi connectivity index (χ1n) is 9.94. The molecule has 0 aliphatic heterocycles. The average molecular weight is 442 g/mol. The van der Waals surface area contributed by atoms with Crippen LogP contribution in [0.2, 0.25) is 0 Å². The maximum atomic E-state index is 13.0. The molecule has 2 amide bonds. The van der Waals surface area contributed by atoms with Gasteiger partial charge in [0, 0.05) is 11.6 Å². The summed E-state index contributed by atoms with van der Waals surface area (Å²) in [6.07, 6.45) is 0. The molecular weight excluding hydrogens is 414 g/mol. The van der Waals surface area contributed by atoms with E-state index in [2.05, 4.69) is 21.7 Å². The monoisotopic (exact) mass is 441 g/mol. The van der Waals surface area contributed by atoms with E-state index in [9.17, 15) is 9.59 Å². The molecule has 2 aromatic carbocycles. The number of anilines is 1. The van der Waals surface area contributed by atoms with Gasteiger partial charge in [-0.25, -0.2) is 4.98 Å². The molecule has 0 spiro atoms. The molecule has 0 fully saturated rings. The SMILES string of the molecule is COc1cc(OC)cc(C(=O)N[C@@H](C(=O)Nc2nc3c(C)cc(C)cc3s2)C(C)C)c1. The Morgan fingerprint density at radius 3 is 2.23 bits per heavy atom. The number of rotatable bonds is 7. The zero-order valence-electron chi connectivity index (χ0n) is 18.5. The van der Waals surface area contributed by atoms with Crippen LogP contribution in [0.5, 0.6) is 11.5 Å². The lowest BCUT2D eigenvalue weighted by molar-refractivity contribution is -0.118. The van der Waals surface area contributed by atoms with Crippen LogP contribution in [-0.2, 0) is 4.79 Å². The Morgan fingerprint density at radius 1 is 1.00 bits per heavy atom. The van der Waals surface area contributed by atoms with Crippen LogP contribution in [-0.4, -0.2) is 37.1 Å². The summed E-state index contributed by atoms with van der Waals surface area (Å²) in [6.45, 7) is 7.79.